The number of ether oxygens (including phenoxy) is 1. The van der Waals surface area contributed by atoms with Gasteiger partial charge in [0, 0.05) is 12.6 Å². The lowest BCUT2D eigenvalue weighted by Crippen LogP contribution is -2.27. The molecule has 1 amide bonds. The Hall–Kier alpha value is -3.22. The van der Waals surface area contributed by atoms with Crippen molar-refractivity contribution in [1.82, 2.24) is 10.5 Å². The third kappa shape index (κ3) is 4.69. The Balaban J connectivity index is 1.54. The van der Waals surface area contributed by atoms with Crippen molar-refractivity contribution in [2.75, 3.05) is 6.54 Å². The minimum Gasteiger partial charge on any atom is -0.479 e. The maximum Gasteiger partial charge on any atom is 0.273 e. The fourth-order valence-corrected chi connectivity index (χ4v) is 2.49. The first-order valence-corrected chi connectivity index (χ1v) is 8.40. The highest BCUT2D eigenvalue weighted by Gasteiger charge is 2.16. The van der Waals surface area contributed by atoms with Gasteiger partial charge in [-0.3, -0.25) is 4.79 Å². The Morgan fingerprint density at radius 2 is 1.85 bits per heavy atom. The summed E-state index contributed by atoms with van der Waals surface area (Å²) in [4.78, 5) is 12.2. The van der Waals surface area contributed by atoms with Crippen LogP contribution in [0.3, 0.4) is 0 Å². The molecule has 2 aromatic carbocycles. The van der Waals surface area contributed by atoms with E-state index in [2.05, 4.69) is 10.5 Å². The first-order valence-electron chi connectivity index (χ1n) is 8.40. The van der Waals surface area contributed by atoms with Crippen LogP contribution in [0.4, 0.5) is 8.78 Å². The van der Waals surface area contributed by atoms with E-state index >= 15 is 0 Å². The molecule has 1 N–H and O–H groups in total. The van der Waals surface area contributed by atoms with E-state index < -0.39 is 23.3 Å². The van der Waals surface area contributed by atoms with Crippen molar-refractivity contribution in [2.45, 2.75) is 19.4 Å². The first kappa shape index (κ1) is 18.6. The van der Waals surface area contributed by atoms with Gasteiger partial charge in [0.1, 0.15) is 6.61 Å². The molecule has 0 fully saturated rings. The second-order valence-corrected chi connectivity index (χ2v) is 6.04. The zero-order chi connectivity index (χ0) is 19.2. The molecule has 0 saturated carbocycles. The molecule has 0 radical (unpaired) electrons. The normalized spacial score (nSPS) is 11.8. The van der Waals surface area contributed by atoms with Gasteiger partial charge in [0.2, 0.25) is 0 Å². The van der Waals surface area contributed by atoms with Crippen LogP contribution < -0.4 is 10.1 Å². The Bertz CT molecular complexity index is 892. The Morgan fingerprint density at radius 1 is 1.15 bits per heavy atom. The molecule has 7 heteroatoms. The van der Waals surface area contributed by atoms with Gasteiger partial charge in [-0.1, -0.05) is 48.5 Å². The molecule has 0 aliphatic carbocycles. The van der Waals surface area contributed by atoms with Crippen LogP contribution >= 0.6 is 0 Å². The van der Waals surface area contributed by atoms with Crippen LogP contribution in [0.25, 0.3) is 0 Å². The summed E-state index contributed by atoms with van der Waals surface area (Å²) < 4.78 is 37.1. The number of carbonyl (C=O) groups is 1. The molecule has 3 rings (SSSR count). The van der Waals surface area contributed by atoms with E-state index in [-0.39, 0.29) is 24.0 Å². The van der Waals surface area contributed by atoms with Crippen molar-refractivity contribution < 1.29 is 22.8 Å². The maximum atomic E-state index is 13.5. The third-order valence-corrected chi connectivity index (χ3v) is 4.01. The lowest BCUT2D eigenvalue weighted by atomic mass is 10.0. The summed E-state index contributed by atoms with van der Waals surface area (Å²) in [7, 11) is 0. The van der Waals surface area contributed by atoms with Crippen LogP contribution in [-0.2, 0) is 6.61 Å². The second kappa shape index (κ2) is 8.44. The summed E-state index contributed by atoms with van der Waals surface area (Å²) in [5.41, 5.74) is 1.18. The van der Waals surface area contributed by atoms with Crippen LogP contribution in [0.15, 0.2) is 59.1 Å². The lowest BCUT2D eigenvalue weighted by Gasteiger charge is -2.12. The molecule has 0 unspecified atom stereocenters. The average Bonchev–Trinajstić information content (AvgIpc) is 3.15. The van der Waals surface area contributed by atoms with Crippen molar-refractivity contribution >= 4 is 5.91 Å². The predicted octanol–water partition coefficient (Wildman–Crippen LogP) is 4.07. The van der Waals surface area contributed by atoms with Gasteiger partial charge in [0.05, 0.1) is 0 Å². The molecule has 1 atom stereocenters. The SMILES string of the molecule is C[C@@H](CNC(=O)c1cc(COc2c(F)cccc2F)on1)c1ccccc1. The number of hydrogen-bond acceptors (Lipinski definition) is 4. The molecule has 3 aromatic rings. The molecule has 1 heterocycles. The van der Waals surface area contributed by atoms with Crippen molar-refractivity contribution in [3.63, 3.8) is 0 Å². The molecule has 0 bridgehead atoms. The van der Waals surface area contributed by atoms with Crippen LogP contribution in [0.1, 0.15) is 34.7 Å². The van der Waals surface area contributed by atoms with Gasteiger partial charge in [-0.05, 0) is 23.6 Å². The van der Waals surface area contributed by atoms with Gasteiger partial charge >= 0.3 is 0 Å². The number of halogens is 2. The molecular weight excluding hydrogens is 354 g/mol. The molecular formula is C20H18F2N2O3. The molecule has 1 aromatic heterocycles. The molecule has 0 saturated heterocycles. The highest BCUT2D eigenvalue weighted by Crippen LogP contribution is 2.22. The quantitative estimate of drug-likeness (QED) is 0.679. The van der Waals surface area contributed by atoms with Crippen molar-refractivity contribution in [1.29, 1.82) is 0 Å². The van der Waals surface area contributed by atoms with E-state index in [0.29, 0.717) is 6.54 Å². The van der Waals surface area contributed by atoms with Crippen LogP contribution in [-0.4, -0.2) is 17.6 Å². The average molecular weight is 372 g/mol. The standard InChI is InChI=1S/C20H18F2N2O3/c1-13(14-6-3-2-4-7-14)11-23-20(25)18-10-15(27-24-18)12-26-19-16(21)8-5-9-17(19)22/h2-10,13H,11-12H2,1H3,(H,23,25)/t13-/m0/s1. The maximum absolute atomic E-state index is 13.5. The number of amides is 1. The molecule has 0 spiro atoms. The van der Waals surface area contributed by atoms with Crippen LogP contribution in [0.2, 0.25) is 0 Å². The zero-order valence-electron chi connectivity index (χ0n) is 14.6. The van der Waals surface area contributed by atoms with E-state index in [1.807, 2.05) is 37.3 Å². The predicted molar refractivity (Wildman–Crippen MR) is 94.4 cm³/mol. The topological polar surface area (TPSA) is 64.4 Å². The largest absolute Gasteiger partial charge is 0.479 e. The number of benzene rings is 2. The van der Waals surface area contributed by atoms with E-state index in [0.717, 1.165) is 17.7 Å². The number of carbonyl (C=O) groups excluding carboxylic acids is 1. The van der Waals surface area contributed by atoms with Crippen LogP contribution in [0.5, 0.6) is 5.75 Å². The summed E-state index contributed by atoms with van der Waals surface area (Å²) in [6, 6.07) is 14.6. The molecule has 5 nitrogen and oxygen atoms in total. The number of para-hydroxylation sites is 1. The van der Waals surface area contributed by atoms with Crippen molar-refractivity contribution in [3.05, 3.63) is 83.2 Å². The van der Waals surface area contributed by atoms with Crippen LogP contribution in [0, 0.1) is 11.6 Å². The van der Waals surface area contributed by atoms with Gasteiger partial charge in [-0.2, -0.15) is 0 Å². The number of nitrogens with zero attached hydrogens (tertiary/aromatic N) is 1. The molecule has 0 aliphatic rings. The minimum atomic E-state index is -0.817. The highest BCUT2D eigenvalue weighted by atomic mass is 19.1. The number of nitrogens with one attached hydrogen (secondary N) is 1. The van der Waals surface area contributed by atoms with E-state index in [1.165, 1.54) is 12.1 Å². The third-order valence-electron chi connectivity index (χ3n) is 4.01. The van der Waals surface area contributed by atoms with Gasteiger partial charge in [-0.25, -0.2) is 8.78 Å². The number of rotatable bonds is 7. The second-order valence-electron chi connectivity index (χ2n) is 6.04. The fourth-order valence-electron chi connectivity index (χ4n) is 2.49. The summed E-state index contributed by atoms with van der Waals surface area (Å²) >= 11 is 0. The zero-order valence-corrected chi connectivity index (χ0v) is 14.6. The number of hydrogen-bond donors (Lipinski definition) is 1. The summed E-state index contributed by atoms with van der Waals surface area (Å²) in [6.45, 7) is 2.18. The smallest absolute Gasteiger partial charge is 0.273 e. The Labute approximate surface area is 154 Å². The summed E-state index contributed by atoms with van der Waals surface area (Å²) in [5.74, 6) is -2.22. The monoisotopic (exact) mass is 372 g/mol. The van der Waals surface area contributed by atoms with Gasteiger partial charge < -0.3 is 14.6 Å². The summed E-state index contributed by atoms with van der Waals surface area (Å²) in [5, 5.41) is 6.45. The van der Waals surface area contributed by atoms with Gasteiger partial charge in [0.15, 0.2) is 28.8 Å². The molecule has 27 heavy (non-hydrogen) atoms. The Morgan fingerprint density at radius 3 is 2.56 bits per heavy atom. The molecule has 0 aliphatic heterocycles. The lowest BCUT2D eigenvalue weighted by molar-refractivity contribution is 0.0942. The Kier molecular flexibility index (Phi) is 5.80. The first-order chi connectivity index (χ1) is 13.0. The minimum absolute atomic E-state index is 0.0721. The highest BCUT2D eigenvalue weighted by molar-refractivity contribution is 5.92. The van der Waals surface area contributed by atoms with Crippen molar-refractivity contribution in [3.8, 4) is 5.75 Å². The van der Waals surface area contributed by atoms with Crippen molar-refractivity contribution in [2.24, 2.45) is 0 Å². The van der Waals surface area contributed by atoms with E-state index in [9.17, 15) is 13.6 Å². The fraction of sp³-hybridized carbons (Fsp3) is 0.200. The van der Waals surface area contributed by atoms with Gasteiger partial charge in [-0.15, -0.1) is 0 Å². The number of aromatic nitrogens is 1. The summed E-state index contributed by atoms with van der Waals surface area (Å²) in [6.07, 6.45) is 0. The van der Waals surface area contributed by atoms with Gasteiger partial charge in [0.25, 0.3) is 5.91 Å². The van der Waals surface area contributed by atoms with E-state index in [1.54, 1.807) is 0 Å². The molecule has 140 valence electrons. The van der Waals surface area contributed by atoms with E-state index in [4.69, 9.17) is 9.26 Å².